The lowest BCUT2D eigenvalue weighted by molar-refractivity contribution is 0.0697. The van der Waals surface area contributed by atoms with Crippen molar-refractivity contribution in [1.29, 1.82) is 0 Å². The van der Waals surface area contributed by atoms with Crippen molar-refractivity contribution in [1.82, 2.24) is 0 Å². The van der Waals surface area contributed by atoms with Crippen molar-refractivity contribution in [2.75, 3.05) is 7.11 Å². The molecule has 1 aromatic heterocycles. The fraction of sp³-hybridized carbons (Fsp3) is 0.0667. The van der Waals surface area contributed by atoms with E-state index in [1.807, 2.05) is 72.8 Å². The van der Waals surface area contributed by atoms with Crippen molar-refractivity contribution in [3.8, 4) is 22.8 Å². The highest BCUT2D eigenvalue weighted by molar-refractivity contribution is 5.87. The Morgan fingerprint density at radius 1 is 0.917 bits per heavy atom. The van der Waals surface area contributed by atoms with Crippen LogP contribution in [0.25, 0.3) is 22.3 Å². The number of carboxylic acids is 1. The summed E-state index contributed by atoms with van der Waals surface area (Å²) in [5.74, 6) is 1.04. The maximum Gasteiger partial charge on any atom is 0.335 e. The van der Waals surface area contributed by atoms with Crippen LogP contribution >= 0.6 is 0 Å². The van der Waals surface area contributed by atoms with Gasteiger partial charge in [0.1, 0.15) is 18.0 Å². The molecule has 0 bridgehead atoms. The van der Waals surface area contributed by atoms with E-state index in [2.05, 4.69) is 4.99 Å². The van der Waals surface area contributed by atoms with Gasteiger partial charge in [0.2, 0.25) is 0 Å². The van der Waals surface area contributed by atoms with Gasteiger partial charge in [0.15, 0.2) is 11.5 Å². The van der Waals surface area contributed by atoms with Gasteiger partial charge >= 0.3 is 5.97 Å². The summed E-state index contributed by atoms with van der Waals surface area (Å²) < 4.78 is 17.3. The number of methoxy groups -OCH3 is 1. The summed E-state index contributed by atoms with van der Waals surface area (Å²) in [6.07, 6.45) is 1.77. The van der Waals surface area contributed by atoms with E-state index in [0.29, 0.717) is 18.1 Å². The van der Waals surface area contributed by atoms with Gasteiger partial charge in [-0.05, 0) is 77.9 Å². The number of furan rings is 1. The van der Waals surface area contributed by atoms with Gasteiger partial charge in [0, 0.05) is 17.2 Å². The molecule has 0 spiro atoms. The molecular formula is C30H23NO5. The molecule has 6 nitrogen and oxygen atoms in total. The Hall–Kier alpha value is -4.84. The lowest BCUT2D eigenvalue weighted by Crippen LogP contribution is -2.00. The third kappa shape index (κ3) is 5.13. The smallest absolute Gasteiger partial charge is 0.335 e. The molecule has 0 fully saturated rings. The Balaban J connectivity index is 1.25. The molecule has 0 atom stereocenters. The highest BCUT2D eigenvalue weighted by Crippen LogP contribution is 2.30. The molecule has 1 heterocycles. The molecule has 5 rings (SSSR count). The molecule has 4 aromatic carbocycles. The molecule has 178 valence electrons. The van der Waals surface area contributed by atoms with Gasteiger partial charge < -0.3 is 19.0 Å². The Morgan fingerprint density at radius 2 is 1.69 bits per heavy atom. The Labute approximate surface area is 208 Å². The van der Waals surface area contributed by atoms with Gasteiger partial charge in [-0.3, -0.25) is 4.99 Å². The number of carbonyl (C=O) groups is 1. The van der Waals surface area contributed by atoms with E-state index in [1.165, 1.54) is 0 Å². The summed E-state index contributed by atoms with van der Waals surface area (Å²) in [6, 6.07) is 30.0. The van der Waals surface area contributed by atoms with Crippen molar-refractivity contribution in [2.24, 2.45) is 4.99 Å². The highest BCUT2D eigenvalue weighted by Gasteiger charge is 2.08. The summed E-state index contributed by atoms with van der Waals surface area (Å²) in [5.41, 5.74) is 4.64. The van der Waals surface area contributed by atoms with E-state index in [4.69, 9.17) is 19.0 Å². The third-order valence-corrected chi connectivity index (χ3v) is 5.72. The Kier molecular flexibility index (Phi) is 6.49. The minimum atomic E-state index is -0.955. The van der Waals surface area contributed by atoms with Crippen LogP contribution in [0.15, 0.2) is 106 Å². The van der Waals surface area contributed by atoms with Crippen LogP contribution in [0.5, 0.6) is 11.5 Å². The second kappa shape index (κ2) is 10.2. The summed E-state index contributed by atoms with van der Waals surface area (Å²) in [5, 5.41) is 10.1. The number of fused-ring (bicyclic) bond motifs is 1. The predicted octanol–water partition coefficient (Wildman–Crippen LogP) is 7.14. The molecule has 0 aliphatic rings. The standard InChI is InChI=1S/C30H23NO5/c1-34-29-16-21(8-15-27(29)35-19-20-6-9-23(10-7-20)30(32)33)18-31-25-13-11-22(12-14-25)28-17-24-4-2-3-5-26(24)36-28/h2-18H,19H2,1H3,(H,32,33). The number of nitrogens with zero attached hydrogens (tertiary/aromatic N) is 1. The number of para-hydroxylation sites is 1. The largest absolute Gasteiger partial charge is 0.493 e. The zero-order valence-corrected chi connectivity index (χ0v) is 19.5. The lowest BCUT2D eigenvalue weighted by Gasteiger charge is -2.11. The fourth-order valence-electron chi connectivity index (χ4n) is 3.77. The van der Waals surface area contributed by atoms with Crippen molar-refractivity contribution >= 4 is 28.8 Å². The lowest BCUT2D eigenvalue weighted by atomic mass is 10.1. The van der Waals surface area contributed by atoms with Crippen LogP contribution in [0.2, 0.25) is 0 Å². The summed E-state index contributed by atoms with van der Waals surface area (Å²) >= 11 is 0. The molecule has 0 saturated heterocycles. The van der Waals surface area contributed by atoms with Crippen LogP contribution in [-0.4, -0.2) is 24.4 Å². The normalized spacial score (nSPS) is 11.1. The minimum Gasteiger partial charge on any atom is -0.493 e. The molecule has 0 amide bonds. The molecular weight excluding hydrogens is 454 g/mol. The molecule has 6 heteroatoms. The summed E-state index contributed by atoms with van der Waals surface area (Å²) in [4.78, 5) is 15.6. The topological polar surface area (TPSA) is 81.3 Å². The van der Waals surface area contributed by atoms with Gasteiger partial charge in [0.05, 0.1) is 18.4 Å². The molecule has 0 aliphatic heterocycles. The molecule has 0 saturated carbocycles. The van der Waals surface area contributed by atoms with Crippen molar-refractivity contribution in [2.45, 2.75) is 6.61 Å². The van der Waals surface area contributed by atoms with Crippen LogP contribution < -0.4 is 9.47 Å². The minimum absolute atomic E-state index is 0.240. The van der Waals surface area contributed by atoms with Crippen molar-refractivity contribution in [3.05, 3.63) is 114 Å². The number of benzene rings is 4. The molecule has 0 aliphatic carbocycles. The third-order valence-electron chi connectivity index (χ3n) is 5.72. The Bertz CT molecular complexity index is 1500. The maximum atomic E-state index is 11.0. The van der Waals surface area contributed by atoms with Gasteiger partial charge in [-0.15, -0.1) is 0 Å². The van der Waals surface area contributed by atoms with Gasteiger partial charge in [-0.2, -0.15) is 0 Å². The summed E-state index contributed by atoms with van der Waals surface area (Å²) in [6.45, 7) is 0.293. The quantitative estimate of drug-likeness (QED) is 0.240. The molecule has 36 heavy (non-hydrogen) atoms. The second-order valence-corrected chi connectivity index (χ2v) is 8.15. The van der Waals surface area contributed by atoms with E-state index in [0.717, 1.165) is 39.1 Å². The number of aromatic carboxylic acids is 1. The average Bonchev–Trinajstić information content (AvgIpc) is 3.36. The van der Waals surface area contributed by atoms with E-state index in [-0.39, 0.29) is 5.56 Å². The molecule has 0 unspecified atom stereocenters. The number of hydrogen-bond donors (Lipinski definition) is 1. The second-order valence-electron chi connectivity index (χ2n) is 8.15. The van der Waals surface area contributed by atoms with Crippen LogP contribution in [0, 0.1) is 0 Å². The first kappa shape index (κ1) is 22.9. The predicted molar refractivity (Wildman–Crippen MR) is 140 cm³/mol. The van der Waals surface area contributed by atoms with Crippen LogP contribution in [-0.2, 0) is 6.61 Å². The average molecular weight is 478 g/mol. The number of carboxylic acid groups (broad SMARTS) is 1. The number of aliphatic imine (C=N–C) groups is 1. The van der Waals surface area contributed by atoms with Gasteiger partial charge in [0.25, 0.3) is 0 Å². The monoisotopic (exact) mass is 477 g/mol. The van der Waals surface area contributed by atoms with Crippen LogP contribution in [0.1, 0.15) is 21.5 Å². The maximum absolute atomic E-state index is 11.0. The number of hydrogen-bond acceptors (Lipinski definition) is 5. The summed E-state index contributed by atoms with van der Waals surface area (Å²) in [7, 11) is 1.58. The van der Waals surface area contributed by atoms with E-state index in [9.17, 15) is 4.79 Å². The highest BCUT2D eigenvalue weighted by atomic mass is 16.5. The van der Waals surface area contributed by atoms with Gasteiger partial charge in [-0.1, -0.05) is 30.3 Å². The zero-order chi connectivity index (χ0) is 24.9. The molecule has 5 aromatic rings. The van der Waals surface area contributed by atoms with E-state index >= 15 is 0 Å². The fourth-order valence-corrected chi connectivity index (χ4v) is 3.77. The number of rotatable bonds is 8. The molecule has 0 radical (unpaired) electrons. The van der Waals surface area contributed by atoms with E-state index in [1.54, 1.807) is 37.6 Å². The van der Waals surface area contributed by atoms with Crippen LogP contribution in [0.4, 0.5) is 5.69 Å². The van der Waals surface area contributed by atoms with Crippen molar-refractivity contribution < 1.29 is 23.8 Å². The first-order chi connectivity index (χ1) is 17.6. The first-order valence-electron chi connectivity index (χ1n) is 11.4. The van der Waals surface area contributed by atoms with E-state index < -0.39 is 5.97 Å². The van der Waals surface area contributed by atoms with Crippen LogP contribution in [0.3, 0.4) is 0 Å². The zero-order valence-electron chi connectivity index (χ0n) is 19.5. The SMILES string of the molecule is COc1cc(C=Nc2ccc(-c3cc4ccccc4o3)cc2)ccc1OCc1ccc(C(=O)O)cc1. The first-order valence-corrected chi connectivity index (χ1v) is 11.4. The Morgan fingerprint density at radius 3 is 2.42 bits per heavy atom. The number of ether oxygens (including phenoxy) is 2. The van der Waals surface area contributed by atoms with Crippen molar-refractivity contribution in [3.63, 3.8) is 0 Å². The molecule has 1 N–H and O–H groups in total. The van der Waals surface area contributed by atoms with Gasteiger partial charge in [-0.25, -0.2) is 4.79 Å².